The molecule has 2 aromatic rings. The molecule has 0 radical (unpaired) electrons. The molecule has 0 N–H and O–H groups in total. The highest BCUT2D eigenvalue weighted by molar-refractivity contribution is 6.17. The smallest absolute Gasteiger partial charge is 0.169 e. The zero-order valence-electron chi connectivity index (χ0n) is 10.5. The van der Waals surface area contributed by atoms with E-state index in [4.69, 9.17) is 21.1 Å². The summed E-state index contributed by atoms with van der Waals surface area (Å²) in [5.41, 5.74) is 0.605. The molecule has 0 aliphatic carbocycles. The van der Waals surface area contributed by atoms with Gasteiger partial charge in [0.1, 0.15) is 0 Å². The van der Waals surface area contributed by atoms with Gasteiger partial charge in [-0.3, -0.25) is 0 Å². The van der Waals surface area contributed by atoms with E-state index in [9.17, 15) is 4.39 Å². The molecule has 0 spiro atoms. The third-order valence-electron chi connectivity index (χ3n) is 2.55. The lowest BCUT2D eigenvalue weighted by Crippen LogP contribution is -1.97. The van der Waals surface area contributed by atoms with E-state index in [1.807, 2.05) is 13.0 Å². The van der Waals surface area contributed by atoms with Crippen LogP contribution in [0, 0.1) is 5.82 Å². The van der Waals surface area contributed by atoms with E-state index >= 15 is 0 Å². The SMILES string of the molecule is CCOc1ccccc1Oc1c(F)cccc1CCl. The Kier molecular flexibility index (Phi) is 4.63. The molecular weight excluding hydrogens is 267 g/mol. The van der Waals surface area contributed by atoms with E-state index in [2.05, 4.69) is 0 Å². The molecule has 0 atom stereocenters. The minimum atomic E-state index is -0.440. The summed E-state index contributed by atoms with van der Waals surface area (Å²) in [4.78, 5) is 0. The van der Waals surface area contributed by atoms with Crippen LogP contribution in [0.4, 0.5) is 4.39 Å². The first kappa shape index (κ1) is 13.7. The number of ether oxygens (including phenoxy) is 2. The largest absolute Gasteiger partial charge is 0.490 e. The number of halogens is 2. The first-order chi connectivity index (χ1) is 9.26. The molecule has 19 heavy (non-hydrogen) atoms. The molecule has 0 fully saturated rings. The minimum absolute atomic E-state index is 0.143. The Labute approximate surface area is 116 Å². The lowest BCUT2D eigenvalue weighted by atomic mass is 10.2. The molecule has 0 bridgehead atoms. The van der Waals surface area contributed by atoms with Crippen LogP contribution in [0.2, 0.25) is 0 Å². The summed E-state index contributed by atoms with van der Waals surface area (Å²) in [6.45, 7) is 2.39. The van der Waals surface area contributed by atoms with Crippen molar-refractivity contribution < 1.29 is 13.9 Å². The summed E-state index contributed by atoms with van der Waals surface area (Å²) < 4.78 is 24.9. The van der Waals surface area contributed by atoms with E-state index < -0.39 is 5.82 Å². The predicted molar refractivity (Wildman–Crippen MR) is 73.6 cm³/mol. The highest BCUT2D eigenvalue weighted by Crippen LogP contribution is 2.34. The molecule has 2 nitrogen and oxygen atoms in total. The average molecular weight is 281 g/mol. The van der Waals surface area contributed by atoms with Crippen molar-refractivity contribution in [2.45, 2.75) is 12.8 Å². The molecule has 4 heteroatoms. The maximum absolute atomic E-state index is 13.8. The Bertz CT molecular complexity index is 558. The van der Waals surface area contributed by atoms with E-state index in [1.54, 1.807) is 30.3 Å². The van der Waals surface area contributed by atoms with E-state index in [-0.39, 0.29) is 11.6 Å². The molecule has 0 aliphatic heterocycles. The Morgan fingerprint density at radius 3 is 2.47 bits per heavy atom. The standard InChI is InChI=1S/C15H14ClFO2/c1-2-18-13-8-3-4-9-14(13)19-15-11(10-16)6-5-7-12(15)17/h3-9H,2,10H2,1H3. The molecule has 0 saturated carbocycles. The van der Waals surface area contributed by atoms with Crippen LogP contribution in [0.5, 0.6) is 17.2 Å². The predicted octanol–water partition coefficient (Wildman–Crippen LogP) is 4.76. The molecule has 0 aromatic heterocycles. The van der Waals surface area contributed by atoms with Crippen LogP contribution in [0.1, 0.15) is 12.5 Å². The topological polar surface area (TPSA) is 18.5 Å². The Morgan fingerprint density at radius 1 is 1.05 bits per heavy atom. The number of alkyl halides is 1. The fourth-order valence-electron chi connectivity index (χ4n) is 1.69. The molecule has 100 valence electrons. The van der Waals surface area contributed by atoms with E-state index in [1.165, 1.54) is 6.07 Å². The van der Waals surface area contributed by atoms with Crippen molar-refractivity contribution >= 4 is 11.6 Å². The van der Waals surface area contributed by atoms with Crippen LogP contribution in [0.3, 0.4) is 0 Å². The van der Waals surface area contributed by atoms with E-state index in [0.29, 0.717) is 23.7 Å². The minimum Gasteiger partial charge on any atom is -0.490 e. The highest BCUT2D eigenvalue weighted by atomic mass is 35.5. The van der Waals surface area contributed by atoms with Gasteiger partial charge in [-0.25, -0.2) is 4.39 Å². The van der Waals surface area contributed by atoms with Gasteiger partial charge in [0, 0.05) is 5.56 Å². The van der Waals surface area contributed by atoms with Crippen molar-refractivity contribution in [3.05, 3.63) is 53.8 Å². The summed E-state index contributed by atoms with van der Waals surface area (Å²) in [6, 6.07) is 11.8. The summed E-state index contributed by atoms with van der Waals surface area (Å²) in [5, 5.41) is 0. The number of hydrogen-bond donors (Lipinski definition) is 0. The molecule has 0 amide bonds. The lowest BCUT2D eigenvalue weighted by Gasteiger charge is -2.13. The number of para-hydroxylation sites is 3. The Balaban J connectivity index is 2.36. The summed E-state index contributed by atoms with van der Waals surface area (Å²) >= 11 is 5.79. The number of rotatable bonds is 5. The van der Waals surface area contributed by atoms with Crippen molar-refractivity contribution in [3.63, 3.8) is 0 Å². The first-order valence-electron chi connectivity index (χ1n) is 5.99. The second-order valence-corrected chi connectivity index (χ2v) is 4.11. The van der Waals surface area contributed by atoms with Crippen molar-refractivity contribution in [1.29, 1.82) is 0 Å². The van der Waals surface area contributed by atoms with Crippen LogP contribution < -0.4 is 9.47 Å². The van der Waals surface area contributed by atoms with Gasteiger partial charge < -0.3 is 9.47 Å². The summed E-state index contributed by atoms with van der Waals surface area (Å²) in [7, 11) is 0. The third-order valence-corrected chi connectivity index (χ3v) is 2.84. The van der Waals surface area contributed by atoms with Crippen LogP contribution >= 0.6 is 11.6 Å². The Hall–Kier alpha value is -1.74. The van der Waals surface area contributed by atoms with Gasteiger partial charge in [0.2, 0.25) is 0 Å². The highest BCUT2D eigenvalue weighted by Gasteiger charge is 2.12. The maximum atomic E-state index is 13.8. The maximum Gasteiger partial charge on any atom is 0.169 e. The fourth-order valence-corrected chi connectivity index (χ4v) is 1.90. The van der Waals surface area contributed by atoms with Gasteiger partial charge in [-0.05, 0) is 25.1 Å². The van der Waals surface area contributed by atoms with Gasteiger partial charge in [0.05, 0.1) is 12.5 Å². The monoisotopic (exact) mass is 280 g/mol. The third kappa shape index (κ3) is 3.18. The van der Waals surface area contributed by atoms with Crippen molar-refractivity contribution in [3.8, 4) is 17.2 Å². The molecule has 0 aliphatic rings. The van der Waals surface area contributed by atoms with Gasteiger partial charge in [-0.15, -0.1) is 11.6 Å². The average Bonchev–Trinajstić information content (AvgIpc) is 2.43. The normalized spacial score (nSPS) is 10.3. The zero-order valence-corrected chi connectivity index (χ0v) is 11.3. The van der Waals surface area contributed by atoms with Crippen LogP contribution in [0.15, 0.2) is 42.5 Å². The number of benzene rings is 2. The van der Waals surface area contributed by atoms with Gasteiger partial charge in [-0.1, -0.05) is 24.3 Å². The van der Waals surface area contributed by atoms with Crippen molar-refractivity contribution in [2.24, 2.45) is 0 Å². The molecule has 2 aromatic carbocycles. The molecule has 2 rings (SSSR count). The van der Waals surface area contributed by atoms with Crippen molar-refractivity contribution in [1.82, 2.24) is 0 Å². The van der Waals surface area contributed by atoms with Gasteiger partial charge in [0.25, 0.3) is 0 Å². The molecular formula is C15H14ClFO2. The zero-order chi connectivity index (χ0) is 13.7. The first-order valence-corrected chi connectivity index (χ1v) is 6.52. The van der Waals surface area contributed by atoms with Gasteiger partial charge in [0.15, 0.2) is 23.1 Å². The summed E-state index contributed by atoms with van der Waals surface area (Å²) in [5.74, 6) is 0.938. The molecule has 0 unspecified atom stereocenters. The van der Waals surface area contributed by atoms with Crippen molar-refractivity contribution in [2.75, 3.05) is 6.61 Å². The van der Waals surface area contributed by atoms with Gasteiger partial charge in [-0.2, -0.15) is 0 Å². The fraction of sp³-hybridized carbons (Fsp3) is 0.200. The lowest BCUT2D eigenvalue weighted by molar-refractivity contribution is 0.318. The molecule has 0 heterocycles. The van der Waals surface area contributed by atoms with Crippen LogP contribution in [-0.2, 0) is 5.88 Å². The quantitative estimate of drug-likeness (QED) is 0.736. The van der Waals surface area contributed by atoms with Crippen LogP contribution in [-0.4, -0.2) is 6.61 Å². The molecule has 0 saturated heterocycles. The number of hydrogen-bond acceptors (Lipinski definition) is 2. The second kappa shape index (κ2) is 6.43. The second-order valence-electron chi connectivity index (χ2n) is 3.84. The van der Waals surface area contributed by atoms with E-state index in [0.717, 1.165) is 0 Å². The van der Waals surface area contributed by atoms with Crippen LogP contribution in [0.25, 0.3) is 0 Å². The van der Waals surface area contributed by atoms with Gasteiger partial charge >= 0.3 is 0 Å². The Morgan fingerprint density at radius 2 is 1.79 bits per heavy atom. The summed E-state index contributed by atoms with van der Waals surface area (Å²) in [6.07, 6.45) is 0.